The topological polar surface area (TPSA) is 56.5 Å². The Kier molecular flexibility index (Phi) is 9.08. The summed E-state index contributed by atoms with van der Waals surface area (Å²) in [5, 5.41) is 3.27. The summed E-state index contributed by atoms with van der Waals surface area (Å²) in [6.07, 6.45) is 1.26. The molecule has 0 amide bonds. The molecule has 3 N–H and O–H groups in total. The largest absolute Gasteiger partial charge is 0.395 e. The Balaban J connectivity index is 0.000000302. The van der Waals surface area contributed by atoms with Gasteiger partial charge in [-0.25, -0.2) is 0 Å². The third-order valence-electron chi connectivity index (χ3n) is 2.83. The minimum absolute atomic E-state index is 0.380. The minimum atomic E-state index is -1.70. The van der Waals surface area contributed by atoms with Crippen LogP contribution in [-0.4, -0.2) is 40.9 Å². The van der Waals surface area contributed by atoms with Crippen molar-refractivity contribution < 1.29 is 8.85 Å². The molecule has 1 saturated heterocycles. The van der Waals surface area contributed by atoms with Gasteiger partial charge in [0.25, 0.3) is 0 Å². The molecule has 0 aromatic carbocycles. The maximum absolute atomic E-state index is 5.66. The van der Waals surface area contributed by atoms with Gasteiger partial charge in [-0.1, -0.05) is 0 Å². The van der Waals surface area contributed by atoms with Crippen LogP contribution in [0.25, 0.3) is 0 Å². The number of hydrogen-bond donors (Lipinski definition) is 2. The van der Waals surface area contributed by atoms with Crippen LogP contribution in [0.4, 0.5) is 0 Å². The van der Waals surface area contributed by atoms with Crippen molar-refractivity contribution in [3.63, 3.8) is 0 Å². The van der Waals surface area contributed by atoms with Gasteiger partial charge in [0.2, 0.25) is 0 Å². The monoisotopic (exact) mass is 262 g/mol. The van der Waals surface area contributed by atoms with Crippen molar-refractivity contribution in [2.24, 2.45) is 11.7 Å². The van der Waals surface area contributed by atoms with Crippen molar-refractivity contribution >= 4 is 8.56 Å². The van der Waals surface area contributed by atoms with E-state index < -0.39 is 8.56 Å². The highest BCUT2D eigenvalue weighted by Crippen LogP contribution is 2.09. The summed E-state index contributed by atoms with van der Waals surface area (Å²) in [7, 11) is -1.70. The lowest BCUT2D eigenvalue weighted by atomic mass is 10.0. The van der Waals surface area contributed by atoms with Crippen molar-refractivity contribution in [2.75, 3.05) is 26.3 Å². The second-order valence-corrected chi connectivity index (χ2v) is 8.25. The van der Waals surface area contributed by atoms with Crippen LogP contribution in [0, 0.1) is 5.92 Å². The lowest BCUT2D eigenvalue weighted by molar-refractivity contribution is 0.196. The van der Waals surface area contributed by atoms with E-state index in [1.54, 1.807) is 0 Å². The van der Waals surface area contributed by atoms with E-state index in [-0.39, 0.29) is 0 Å². The molecule has 1 rings (SSSR count). The Hall–Kier alpha value is 0.0569. The first-order valence-electron chi connectivity index (χ1n) is 6.67. The van der Waals surface area contributed by atoms with Gasteiger partial charge in [0.15, 0.2) is 0 Å². The molecule has 0 spiro atoms. The molecule has 0 bridgehead atoms. The lowest BCUT2D eigenvalue weighted by Crippen LogP contribution is -2.34. The average Bonchev–Trinajstić information content (AvgIpc) is 2.70. The van der Waals surface area contributed by atoms with Crippen LogP contribution in [0.15, 0.2) is 0 Å². The van der Waals surface area contributed by atoms with Crippen LogP contribution in [0.5, 0.6) is 0 Å². The van der Waals surface area contributed by atoms with Gasteiger partial charge in [0, 0.05) is 19.3 Å². The third kappa shape index (κ3) is 8.74. The summed E-state index contributed by atoms with van der Waals surface area (Å²) in [6.45, 7) is 14.0. The van der Waals surface area contributed by atoms with Gasteiger partial charge in [-0.3, -0.25) is 0 Å². The number of nitrogens with one attached hydrogen (secondary N) is 1. The Morgan fingerprint density at radius 1 is 1.29 bits per heavy atom. The summed E-state index contributed by atoms with van der Waals surface area (Å²) >= 11 is 0. The molecule has 17 heavy (non-hydrogen) atoms. The molecular weight excluding hydrogens is 232 g/mol. The van der Waals surface area contributed by atoms with Gasteiger partial charge in [-0.2, -0.15) is 0 Å². The highest BCUT2D eigenvalue weighted by atomic mass is 28.4. The Labute approximate surface area is 107 Å². The summed E-state index contributed by atoms with van der Waals surface area (Å²) in [5.74, 6) is 0.731. The van der Waals surface area contributed by atoms with E-state index in [4.69, 9.17) is 14.6 Å². The van der Waals surface area contributed by atoms with Gasteiger partial charge in [-0.15, -0.1) is 0 Å². The van der Waals surface area contributed by atoms with Crippen molar-refractivity contribution in [2.45, 2.75) is 46.3 Å². The highest BCUT2D eigenvalue weighted by molar-refractivity contribution is 6.64. The normalized spacial score (nSPS) is 21.9. The molecule has 104 valence electrons. The number of hydrogen-bond acceptors (Lipinski definition) is 4. The molecule has 0 aromatic heterocycles. The molecule has 1 fully saturated rings. The predicted octanol–water partition coefficient (Wildman–Crippen LogP) is 1.70. The van der Waals surface area contributed by atoms with Crippen LogP contribution < -0.4 is 11.1 Å². The molecule has 5 heteroatoms. The maximum atomic E-state index is 5.66. The van der Waals surface area contributed by atoms with Crippen molar-refractivity contribution in [1.29, 1.82) is 0 Å². The van der Waals surface area contributed by atoms with Gasteiger partial charge in [0.05, 0.1) is 0 Å². The fourth-order valence-corrected chi connectivity index (χ4v) is 3.34. The van der Waals surface area contributed by atoms with Gasteiger partial charge in [0.1, 0.15) is 0 Å². The number of nitrogens with two attached hydrogens (primary N) is 1. The Morgan fingerprint density at radius 3 is 2.06 bits per heavy atom. The molecule has 0 radical (unpaired) electrons. The first-order chi connectivity index (χ1) is 7.93. The molecule has 1 heterocycles. The molecule has 2 unspecified atom stereocenters. The Bertz CT molecular complexity index is 175. The first kappa shape index (κ1) is 17.1. The summed E-state index contributed by atoms with van der Waals surface area (Å²) in [4.78, 5) is 0. The molecular formula is C12H30N2O2Si. The van der Waals surface area contributed by atoms with Gasteiger partial charge < -0.3 is 19.9 Å². The lowest BCUT2D eigenvalue weighted by Gasteiger charge is -2.20. The predicted molar refractivity (Wildman–Crippen MR) is 75.4 cm³/mol. The fourth-order valence-electron chi connectivity index (χ4n) is 1.86. The van der Waals surface area contributed by atoms with Gasteiger partial charge in [-0.05, 0) is 59.3 Å². The van der Waals surface area contributed by atoms with Crippen LogP contribution in [0.2, 0.25) is 13.1 Å². The third-order valence-corrected chi connectivity index (χ3v) is 4.79. The van der Waals surface area contributed by atoms with E-state index in [9.17, 15) is 0 Å². The molecule has 0 saturated carbocycles. The molecule has 0 aliphatic carbocycles. The first-order valence-corrected chi connectivity index (χ1v) is 9.48. The minimum Gasteiger partial charge on any atom is -0.395 e. The zero-order chi connectivity index (χ0) is 13.3. The van der Waals surface area contributed by atoms with E-state index in [1.165, 1.54) is 6.42 Å². The van der Waals surface area contributed by atoms with E-state index in [1.807, 2.05) is 13.8 Å². The van der Waals surface area contributed by atoms with Crippen molar-refractivity contribution in [3.8, 4) is 0 Å². The molecule has 4 nitrogen and oxygen atoms in total. The zero-order valence-corrected chi connectivity index (χ0v) is 13.1. The zero-order valence-electron chi connectivity index (χ0n) is 12.1. The number of rotatable bonds is 5. The summed E-state index contributed by atoms with van der Waals surface area (Å²) in [5.41, 5.74) is 5.66. The smallest absolute Gasteiger partial charge is 0.331 e. The second kappa shape index (κ2) is 9.05. The van der Waals surface area contributed by atoms with Crippen LogP contribution in [-0.2, 0) is 8.85 Å². The summed E-state index contributed by atoms with van der Waals surface area (Å²) < 4.78 is 10.8. The van der Waals surface area contributed by atoms with Crippen LogP contribution in [0.1, 0.15) is 27.2 Å². The molecule has 0 aromatic rings. The SMILES string of the molecule is CC(N)C1CCNC1.CCO[Si](C)(C)OCC. The van der Waals surface area contributed by atoms with Crippen LogP contribution in [0.3, 0.4) is 0 Å². The fraction of sp³-hybridized carbons (Fsp3) is 1.00. The second-order valence-electron chi connectivity index (χ2n) is 4.88. The maximum Gasteiger partial charge on any atom is 0.331 e. The Morgan fingerprint density at radius 2 is 1.82 bits per heavy atom. The van der Waals surface area contributed by atoms with Crippen LogP contribution >= 0.6 is 0 Å². The quantitative estimate of drug-likeness (QED) is 0.741. The molecule has 1 aliphatic heterocycles. The van der Waals surface area contributed by atoms with E-state index >= 15 is 0 Å². The molecule has 2 atom stereocenters. The molecule has 1 aliphatic rings. The standard InChI is InChI=1S/C6H14N2.C6H16O2Si/c1-5(7)6-2-3-8-4-6;1-5-7-9(3,4)8-6-2/h5-6,8H,2-4,7H2,1H3;5-6H2,1-4H3. The van der Waals surface area contributed by atoms with E-state index in [0.717, 1.165) is 32.2 Å². The van der Waals surface area contributed by atoms with Crippen molar-refractivity contribution in [1.82, 2.24) is 5.32 Å². The van der Waals surface area contributed by atoms with E-state index in [0.29, 0.717) is 6.04 Å². The van der Waals surface area contributed by atoms with Crippen molar-refractivity contribution in [3.05, 3.63) is 0 Å². The highest BCUT2D eigenvalue weighted by Gasteiger charge is 2.22. The average molecular weight is 262 g/mol. The van der Waals surface area contributed by atoms with Gasteiger partial charge >= 0.3 is 8.56 Å². The van der Waals surface area contributed by atoms with E-state index in [2.05, 4.69) is 25.3 Å². The summed E-state index contributed by atoms with van der Waals surface area (Å²) in [6, 6.07) is 0.380.